The quantitative estimate of drug-likeness (QED) is 0.306. The monoisotopic (exact) mass is 338 g/mol. The van der Waals surface area contributed by atoms with Crippen molar-refractivity contribution >= 4 is 43.9 Å². The lowest BCUT2D eigenvalue weighted by atomic mass is 9.76. The standard InChI is InChI=1S/C10H21Cl3O4Si/c11-6-3-10(4-7-12,5-8-13)2-1-9-17-18(14,15)16/h14-16H,1-9H2. The Morgan fingerprint density at radius 2 is 1.28 bits per heavy atom. The molecular formula is C10H21Cl3O4Si. The van der Waals surface area contributed by atoms with E-state index in [4.69, 9.17) is 49.2 Å². The molecule has 0 aliphatic rings. The Morgan fingerprint density at radius 1 is 0.833 bits per heavy atom. The van der Waals surface area contributed by atoms with Gasteiger partial charge in [0.1, 0.15) is 0 Å². The van der Waals surface area contributed by atoms with E-state index < -0.39 is 9.05 Å². The van der Waals surface area contributed by atoms with Crippen molar-refractivity contribution in [3.05, 3.63) is 0 Å². The first-order valence-electron chi connectivity index (χ1n) is 5.88. The molecule has 8 heteroatoms. The van der Waals surface area contributed by atoms with Crippen LogP contribution in [-0.2, 0) is 4.43 Å². The number of hydrogen-bond acceptors (Lipinski definition) is 4. The van der Waals surface area contributed by atoms with E-state index in [0.717, 1.165) is 25.7 Å². The molecule has 0 heterocycles. The summed E-state index contributed by atoms with van der Waals surface area (Å²) in [6.45, 7) is 0.102. The minimum atomic E-state index is -4.39. The smallest absolute Gasteiger partial charge is 0.368 e. The molecule has 0 spiro atoms. The summed E-state index contributed by atoms with van der Waals surface area (Å²) >= 11 is 17.4. The highest BCUT2D eigenvalue weighted by Crippen LogP contribution is 2.37. The first-order valence-corrected chi connectivity index (χ1v) is 9.23. The first kappa shape index (κ1) is 18.9. The number of hydrogen-bond donors (Lipinski definition) is 3. The van der Waals surface area contributed by atoms with Gasteiger partial charge in [-0.05, 0) is 37.5 Å². The summed E-state index contributed by atoms with van der Waals surface area (Å²) in [6.07, 6.45) is 3.82. The second kappa shape index (κ2) is 9.77. The van der Waals surface area contributed by atoms with Gasteiger partial charge >= 0.3 is 9.05 Å². The molecule has 0 bridgehead atoms. The second-order valence-corrected chi connectivity index (χ2v) is 6.91. The summed E-state index contributed by atoms with van der Waals surface area (Å²) in [5, 5.41) is 0. The van der Waals surface area contributed by atoms with Gasteiger partial charge in [-0.1, -0.05) is 0 Å². The molecule has 0 fully saturated rings. The maximum Gasteiger partial charge on any atom is 0.671 e. The van der Waals surface area contributed by atoms with Gasteiger partial charge in [-0.15, -0.1) is 34.8 Å². The Hall–Kier alpha value is 0.927. The van der Waals surface area contributed by atoms with E-state index in [1.54, 1.807) is 0 Å². The van der Waals surface area contributed by atoms with Crippen molar-refractivity contribution in [2.24, 2.45) is 5.41 Å². The van der Waals surface area contributed by atoms with Crippen molar-refractivity contribution in [1.82, 2.24) is 0 Å². The van der Waals surface area contributed by atoms with Crippen molar-refractivity contribution < 1.29 is 18.8 Å². The maximum absolute atomic E-state index is 8.72. The Morgan fingerprint density at radius 3 is 1.61 bits per heavy atom. The lowest BCUT2D eigenvalue weighted by Crippen LogP contribution is -2.39. The van der Waals surface area contributed by atoms with Crippen LogP contribution in [0.15, 0.2) is 0 Å². The molecule has 0 aromatic carbocycles. The van der Waals surface area contributed by atoms with Gasteiger partial charge in [0.05, 0.1) is 0 Å². The van der Waals surface area contributed by atoms with Crippen LogP contribution in [0.5, 0.6) is 0 Å². The highest BCUT2D eigenvalue weighted by molar-refractivity contribution is 6.48. The predicted molar refractivity (Wildman–Crippen MR) is 76.0 cm³/mol. The topological polar surface area (TPSA) is 69.9 Å². The van der Waals surface area contributed by atoms with Gasteiger partial charge < -0.3 is 18.8 Å². The largest absolute Gasteiger partial charge is 0.671 e. The fourth-order valence-electron chi connectivity index (χ4n) is 2.01. The summed E-state index contributed by atoms with van der Waals surface area (Å²) in [4.78, 5) is 26.2. The second-order valence-electron chi connectivity index (χ2n) is 4.34. The molecule has 4 nitrogen and oxygen atoms in total. The first-order chi connectivity index (χ1) is 8.39. The lowest BCUT2D eigenvalue weighted by molar-refractivity contribution is 0.0571. The zero-order valence-corrected chi connectivity index (χ0v) is 13.5. The van der Waals surface area contributed by atoms with Crippen LogP contribution in [0.4, 0.5) is 0 Å². The number of halogens is 3. The van der Waals surface area contributed by atoms with Crippen LogP contribution < -0.4 is 0 Å². The van der Waals surface area contributed by atoms with Crippen LogP contribution in [0.25, 0.3) is 0 Å². The van der Waals surface area contributed by atoms with Crippen molar-refractivity contribution in [3.63, 3.8) is 0 Å². The molecule has 18 heavy (non-hydrogen) atoms. The van der Waals surface area contributed by atoms with Crippen molar-refractivity contribution in [1.29, 1.82) is 0 Å². The average molecular weight is 340 g/mol. The minimum absolute atomic E-state index is 0.0286. The fraction of sp³-hybridized carbons (Fsp3) is 1.00. The van der Waals surface area contributed by atoms with Gasteiger partial charge in [0, 0.05) is 24.2 Å². The third kappa shape index (κ3) is 8.93. The normalized spacial score (nSPS) is 13.0. The van der Waals surface area contributed by atoms with E-state index in [1.165, 1.54) is 0 Å². The number of rotatable bonds is 11. The van der Waals surface area contributed by atoms with Gasteiger partial charge in [-0.2, -0.15) is 0 Å². The summed E-state index contributed by atoms with van der Waals surface area (Å²) in [5.41, 5.74) is -0.0286. The SMILES string of the molecule is O[Si](O)(O)OCCCC(CCCl)(CCCl)CCCl. The minimum Gasteiger partial charge on any atom is -0.368 e. The van der Waals surface area contributed by atoms with Crippen molar-refractivity contribution in [3.8, 4) is 0 Å². The summed E-state index contributed by atoms with van der Waals surface area (Å²) in [7, 11) is -4.39. The molecule has 0 aromatic heterocycles. The average Bonchev–Trinajstić information content (AvgIpc) is 2.24. The van der Waals surface area contributed by atoms with Crippen LogP contribution >= 0.6 is 34.8 Å². The van der Waals surface area contributed by atoms with Crippen LogP contribution in [0.1, 0.15) is 32.1 Å². The maximum atomic E-state index is 8.72. The zero-order chi connectivity index (χ0) is 14.1. The summed E-state index contributed by atoms with van der Waals surface area (Å²) in [6, 6.07) is 0. The van der Waals surface area contributed by atoms with E-state index in [1.807, 2.05) is 0 Å². The van der Waals surface area contributed by atoms with E-state index in [0.29, 0.717) is 24.1 Å². The van der Waals surface area contributed by atoms with E-state index in [9.17, 15) is 0 Å². The van der Waals surface area contributed by atoms with E-state index >= 15 is 0 Å². The van der Waals surface area contributed by atoms with E-state index in [2.05, 4.69) is 4.43 Å². The molecule has 0 aliphatic carbocycles. The molecule has 0 radical (unpaired) electrons. The third-order valence-corrected chi connectivity index (χ3v) is 4.18. The Labute approximate surface area is 124 Å². The van der Waals surface area contributed by atoms with Crippen LogP contribution in [0, 0.1) is 5.41 Å². The van der Waals surface area contributed by atoms with Crippen molar-refractivity contribution in [2.75, 3.05) is 24.2 Å². The van der Waals surface area contributed by atoms with E-state index in [-0.39, 0.29) is 12.0 Å². The van der Waals surface area contributed by atoms with Crippen LogP contribution in [0.3, 0.4) is 0 Å². The Kier molecular flexibility index (Phi) is 10.3. The molecular weight excluding hydrogens is 319 g/mol. The zero-order valence-electron chi connectivity index (χ0n) is 10.2. The Bertz CT molecular complexity index is 197. The molecule has 0 atom stereocenters. The van der Waals surface area contributed by atoms with Gasteiger partial charge in [-0.25, -0.2) is 0 Å². The lowest BCUT2D eigenvalue weighted by Gasteiger charge is -2.32. The molecule has 0 aromatic rings. The molecule has 0 rings (SSSR count). The van der Waals surface area contributed by atoms with Crippen molar-refractivity contribution in [2.45, 2.75) is 32.1 Å². The van der Waals surface area contributed by atoms with Crippen LogP contribution in [0.2, 0.25) is 0 Å². The summed E-state index contributed by atoms with van der Waals surface area (Å²) < 4.78 is 4.57. The molecule has 0 saturated heterocycles. The summed E-state index contributed by atoms with van der Waals surface area (Å²) in [5.74, 6) is 1.61. The molecule has 3 N–H and O–H groups in total. The molecule has 0 aliphatic heterocycles. The van der Waals surface area contributed by atoms with Crippen LogP contribution in [-0.4, -0.2) is 47.7 Å². The molecule has 0 saturated carbocycles. The number of alkyl halides is 3. The molecule has 110 valence electrons. The third-order valence-electron chi connectivity index (χ3n) is 3.02. The highest BCUT2D eigenvalue weighted by Gasteiger charge is 2.32. The van der Waals surface area contributed by atoms with Gasteiger partial charge in [0.25, 0.3) is 0 Å². The Balaban J connectivity index is 4.21. The predicted octanol–water partition coefficient (Wildman–Crippen LogP) is 2.07. The van der Waals surface area contributed by atoms with Gasteiger partial charge in [0.2, 0.25) is 0 Å². The molecule has 0 amide bonds. The molecule has 0 unspecified atom stereocenters. The fourth-order valence-corrected chi connectivity index (χ4v) is 3.63. The van der Waals surface area contributed by atoms with Gasteiger partial charge in [-0.3, -0.25) is 0 Å². The highest BCUT2D eigenvalue weighted by atomic mass is 35.5. The van der Waals surface area contributed by atoms with Gasteiger partial charge in [0.15, 0.2) is 0 Å².